The largest absolute Gasteiger partial charge is 0.375 e. The lowest BCUT2D eigenvalue weighted by atomic mass is 10.2. The molecule has 9 heavy (non-hydrogen) atoms. The Morgan fingerprint density at radius 1 is 1.33 bits per heavy atom. The van der Waals surface area contributed by atoms with Crippen molar-refractivity contribution < 1.29 is 4.74 Å². The fraction of sp³-hybridized carbons (Fsp3) is 0.857. The van der Waals surface area contributed by atoms with Crippen molar-refractivity contribution in [2.24, 2.45) is 0 Å². The highest BCUT2D eigenvalue weighted by Gasteiger charge is 2.10. The molecule has 1 aliphatic heterocycles. The lowest BCUT2D eigenvalue weighted by Gasteiger charge is -2.07. The summed E-state index contributed by atoms with van der Waals surface area (Å²) < 4.78 is 5.15. The fourth-order valence-electron chi connectivity index (χ4n) is 1.09. The van der Waals surface area contributed by atoms with Crippen LogP contribution in [0.4, 0.5) is 0 Å². The van der Waals surface area contributed by atoms with Gasteiger partial charge in [-0.15, -0.1) is 0 Å². The van der Waals surface area contributed by atoms with E-state index in [9.17, 15) is 0 Å². The van der Waals surface area contributed by atoms with Crippen LogP contribution in [0.5, 0.6) is 0 Å². The zero-order valence-electron chi connectivity index (χ0n) is 5.94. The van der Waals surface area contributed by atoms with Crippen molar-refractivity contribution in [2.45, 2.75) is 19.3 Å². The van der Waals surface area contributed by atoms with E-state index < -0.39 is 0 Å². The van der Waals surface area contributed by atoms with Crippen molar-refractivity contribution in [3.8, 4) is 0 Å². The lowest BCUT2D eigenvalue weighted by Crippen LogP contribution is -2.13. The Balaban J connectivity index is 2.18. The Morgan fingerprint density at radius 3 is 3.00 bits per heavy atom. The standard InChI is InChI=1S/C7H14NO/c1-9-7-3-2-5-8-6-4-7/h8H,2-6H2,1H3. The van der Waals surface area contributed by atoms with Crippen molar-refractivity contribution in [3.05, 3.63) is 6.10 Å². The Hall–Kier alpha value is -0.0800. The third-order valence-corrected chi connectivity index (χ3v) is 1.68. The third kappa shape index (κ3) is 2.33. The number of methoxy groups -OCH3 is 1. The van der Waals surface area contributed by atoms with E-state index in [0.717, 1.165) is 25.9 Å². The van der Waals surface area contributed by atoms with Gasteiger partial charge >= 0.3 is 0 Å². The van der Waals surface area contributed by atoms with Crippen LogP contribution in [-0.2, 0) is 4.74 Å². The molecule has 1 N–H and O–H groups in total. The number of ether oxygens (including phenoxy) is 1. The average molecular weight is 128 g/mol. The molecule has 0 saturated carbocycles. The molecule has 1 fully saturated rings. The molecule has 0 aromatic heterocycles. The molecule has 0 aliphatic carbocycles. The van der Waals surface area contributed by atoms with Crippen LogP contribution in [-0.4, -0.2) is 20.2 Å². The summed E-state index contributed by atoms with van der Waals surface area (Å²) in [5.74, 6) is 0. The third-order valence-electron chi connectivity index (χ3n) is 1.68. The maximum Gasteiger partial charge on any atom is 0.0979 e. The molecule has 53 valence electrons. The summed E-state index contributed by atoms with van der Waals surface area (Å²) >= 11 is 0. The van der Waals surface area contributed by atoms with E-state index in [4.69, 9.17) is 4.74 Å². The van der Waals surface area contributed by atoms with Gasteiger partial charge in [0.05, 0.1) is 6.10 Å². The first kappa shape index (κ1) is 7.03. The molecule has 0 unspecified atom stereocenters. The molecule has 0 amide bonds. The van der Waals surface area contributed by atoms with Gasteiger partial charge in [-0.1, -0.05) is 0 Å². The predicted molar refractivity (Wildman–Crippen MR) is 37.0 cm³/mol. The molecule has 1 radical (unpaired) electrons. The van der Waals surface area contributed by atoms with Gasteiger partial charge in [-0.25, -0.2) is 0 Å². The molecule has 1 rings (SSSR count). The van der Waals surface area contributed by atoms with Crippen molar-refractivity contribution in [3.63, 3.8) is 0 Å². The van der Waals surface area contributed by atoms with Crippen LogP contribution in [0.25, 0.3) is 0 Å². The van der Waals surface area contributed by atoms with E-state index in [1.54, 1.807) is 7.11 Å². The van der Waals surface area contributed by atoms with Gasteiger partial charge in [-0.3, -0.25) is 0 Å². The number of rotatable bonds is 1. The lowest BCUT2D eigenvalue weighted by molar-refractivity contribution is 0.189. The van der Waals surface area contributed by atoms with Crippen LogP contribution in [0.15, 0.2) is 0 Å². The molecule has 1 aliphatic rings. The summed E-state index contributed by atoms with van der Waals surface area (Å²) in [7, 11) is 1.76. The van der Waals surface area contributed by atoms with Gasteiger partial charge in [0.25, 0.3) is 0 Å². The summed E-state index contributed by atoms with van der Waals surface area (Å²) in [5, 5.41) is 3.31. The van der Waals surface area contributed by atoms with Crippen molar-refractivity contribution >= 4 is 0 Å². The maximum atomic E-state index is 5.15. The Morgan fingerprint density at radius 2 is 2.22 bits per heavy atom. The van der Waals surface area contributed by atoms with E-state index in [0.29, 0.717) is 0 Å². The minimum absolute atomic E-state index is 1.09. The van der Waals surface area contributed by atoms with Gasteiger partial charge in [0, 0.05) is 7.11 Å². The molecule has 1 saturated heterocycles. The normalized spacial score (nSPS) is 23.7. The Bertz CT molecular complexity index is 67.3. The van der Waals surface area contributed by atoms with Crippen LogP contribution in [0.1, 0.15) is 19.3 Å². The highest BCUT2D eigenvalue weighted by Crippen LogP contribution is 2.15. The second kappa shape index (κ2) is 3.85. The first-order chi connectivity index (χ1) is 4.43. The first-order valence-corrected chi connectivity index (χ1v) is 3.53. The predicted octanol–water partition coefficient (Wildman–Crippen LogP) is 0.938. The van der Waals surface area contributed by atoms with Crippen LogP contribution in [0.3, 0.4) is 0 Å². The van der Waals surface area contributed by atoms with E-state index in [-0.39, 0.29) is 0 Å². The van der Waals surface area contributed by atoms with E-state index in [2.05, 4.69) is 5.32 Å². The number of hydrogen-bond acceptors (Lipinski definition) is 2. The summed E-state index contributed by atoms with van der Waals surface area (Å²) in [4.78, 5) is 0. The van der Waals surface area contributed by atoms with Crippen molar-refractivity contribution in [2.75, 3.05) is 20.2 Å². The van der Waals surface area contributed by atoms with Gasteiger partial charge in [0.15, 0.2) is 0 Å². The van der Waals surface area contributed by atoms with Gasteiger partial charge in [-0.05, 0) is 32.4 Å². The number of hydrogen-bond donors (Lipinski definition) is 1. The first-order valence-electron chi connectivity index (χ1n) is 3.53. The minimum Gasteiger partial charge on any atom is -0.375 e. The number of nitrogens with one attached hydrogen (secondary N) is 1. The Kier molecular flexibility index (Phi) is 3.01. The van der Waals surface area contributed by atoms with Gasteiger partial charge < -0.3 is 10.1 Å². The van der Waals surface area contributed by atoms with Gasteiger partial charge in [0.1, 0.15) is 0 Å². The van der Waals surface area contributed by atoms with E-state index in [1.165, 1.54) is 12.5 Å². The monoisotopic (exact) mass is 128 g/mol. The second-order valence-corrected chi connectivity index (χ2v) is 2.35. The average Bonchev–Trinajstić information content (AvgIpc) is 2.13. The molecule has 2 nitrogen and oxygen atoms in total. The molecule has 0 spiro atoms. The second-order valence-electron chi connectivity index (χ2n) is 2.35. The summed E-state index contributed by atoms with van der Waals surface area (Å²) in [6.45, 7) is 2.23. The van der Waals surface area contributed by atoms with E-state index in [1.807, 2.05) is 0 Å². The zero-order chi connectivity index (χ0) is 6.53. The zero-order valence-corrected chi connectivity index (χ0v) is 5.94. The quantitative estimate of drug-likeness (QED) is 0.567. The molecule has 0 atom stereocenters. The van der Waals surface area contributed by atoms with Crippen LogP contribution in [0, 0.1) is 6.10 Å². The summed E-state index contributed by atoms with van der Waals surface area (Å²) in [6, 6.07) is 0. The van der Waals surface area contributed by atoms with Crippen LogP contribution < -0.4 is 5.32 Å². The summed E-state index contributed by atoms with van der Waals surface area (Å²) in [5.41, 5.74) is 0. The molecule has 2 heteroatoms. The highest BCUT2D eigenvalue weighted by atomic mass is 16.5. The fourth-order valence-corrected chi connectivity index (χ4v) is 1.09. The molecular weight excluding hydrogens is 114 g/mol. The molecule has 0 aromatic rings. The van der Waals surface area contributed by atoms with Crippen molar-refractivity contribution in [1.82, 2.24) is 5.32 Å². The smallest absolute Gasteiger partial charge is 0.0979 e. The molecule has 1 heterocycles. The molecule has 0 aromatic carbocycles. The molecule has 0 bridgehead atoms. The SMILES string of the molecule is CO[C]1CCCNCC1. The topological polar surface area (TPSA) is 21.3 Å². The van der Waals surface area contributed by atoms with Crippen molar-refractivity contribution in [1.29, 1.82) is 0 Å². The van der Waals surface area contributed by atoms with Gasteiger partial charge in [-0.2, -0.15) is 0 Å². The van der Waals surface area contributed by atoms with E-state index >= 15 is 0 Å². The molecular formula is C7H14NO. The van der Waals surface area contributed by atoms with Gasteiger partial charge in [0.2, 0.25) is 0 Å². The maximum absolute atomic E-state index is 5.15. The van der Waals surface area contributed by atoms with Crippen LogP contribution in [0.2, 0.25) is 0 Å². The summed E-state index contributed by atoms with van der Waals surface area (Å²) in [6.07, 6.45) is 4.71. The van der Waals surface area contributed by atoms with Crippen LogP contribution >= 0.6 is 0 Å². The Labute approximate surface area is 56.6 Å². The highest BCUT2D eigenvalue weighted by molar-refractivity contribution is 4.81. The minimum atomic E-state index is 1.09.